The topological polar surface area (TPSA) is 120 Å². The molecule has 0 aliphatic rings. The van der Waals surface area contributed by atoms with Crippen LogP contribution in [0.1, 0.15) is 45.4 Å². The number of rotatable bonds is 9. The molecule has 176 valence electrons. The highest BCUT2D eigenvalue weighted by atomic mass is 16.2. The highest BCUT2D eigenvalue weighted by Crippen LogP contribution is 2.23. The van der Waals surface area contributed by atoms with Gasteiger partial charge in [0.15, 0.2) is 5.78 Å². The van der Waals surface area contributed by atoms with Crippen LogP contribution in [0.25, 0.3) is 11.3 Å². The van der Waals surface area contributed by atoms with Crippen molar-refractivity contribution < 1.29 is 9.59 Å². The molecule has 0 aliphatic carbocycles. The average molecular weight is 468 g/mol. The molecular formula is C27H25N5O3. The first-order valence-corrected chi connectivity index (χ1v) is 11.3. The van der Waals surface area contributed by atoms with E-state index >= 15 is 0 Å². The van der Waals surface area contributed by atoms with Crippen LogP contribution < -0.4 is 16.7 Å². The Labute approximate surface area is 202 Å². The van der Waals surface area contributed by atoms with E-state index in [0.29, 0.717) is 35.5 Å². The lowest BCUT2D eigenvalue weighted by Gasteiger charge is -2.19. The average Bonchev–Trinajstić information content (AvgIpc) is 2.89. The molecule has 2 aromatic carbocycles. The van der Waals surface area contributed by atoms with Crippen LogP contribution in [-0.2, 0) is 12.8 Å². The zero-order valence-electron chi connectivity index (χ0n) is 19.3. The minimum Gasteiger partial charge on any atom is -0.366 e. The number of aryl methyl sites for hydroxylation is 2. The Hall–Kier alpha value is -4.59. The first-order chi connectivity index (χ1) is 17.0. The second-order valence-electron chi connectivity index (χ2n) is 7.95. The van der Waals surface area contributed by atoms with Crippen LogP contribution >= 0.6 is 0 Å². The Bertz CT molecular complexity index is 1420. The predicted molar refractivity (Wildman–Crippen MR) is 134 cm³/mol. The standard InChI is InChI=1S/C27H25N5O3/c1-2-22-27(35)32(31-21-10-6-9-20(17-21)26(28)34)25(24(30-22)19-13-15-29-16-14-19)23(33)12-11-18-7-4-3-5-8-18/h3-10,13-17,31H,2,11-12H2,1H3,(H2,28,34). The van der Waals surface area contributed by atoms with Crippen molar-refractivity contribution in [3.05, 3.63) is 112 Å². The van der Waals surface area contributed by atoms with E-state index in [9.17, 15) is 14.4 Å². The second kappa shape index (κ2) is 10.6. The molecule has 0 saturated heterocycles. The Morgan fingerprint density at radius 2 is 1.74 bits per heavy atom. The van der Waals surface area contributed by atoms with Gasteiger partial charge in [0.25, 0.3) is 5.56 Å². The van der Waals surface area contributed by atoms with Crippen molar-refractivity contribution in [3.63, 3.8) is 0 Å². The van der Waals surface area contributed by atoms with E-state index in [2.05, 4.69) is 15.4 Å². The molecular weight excluding hydrogens is 442 g/mol. The van der Waals surface area contributed by atoms with Crippen molar-refractivity contribution >= 4 is 17.4 Å². The number of ketones is 1. The molecule has 0 fully saturated rings. The summed E-state index contributed by atoms with van der Waals surface area (Å²) in [6.07, 6.45) is 4.28. The van der Waals surface area contributed by atoms with Crippen LogP contribution in [0.5, 0.6) is 0 Å². The van der Waals surface area contributed by atoms with Gasteiger partial charge in [-0.2, -0.15) is 0 Å². The largest absolute Gasteiger partial charge is 0.366 e. The van der Waals surface area contributed by atoms with Gasteiger partial charge in [-0.3, -0.25) is 24.8 Å². The summed E-state index contributed by atoms with van der Waals surface area (Å²) in [5.41, 5.74) is 11.2. The van der Waals surface area contributed by atoms with E-state index in [1.54, 1.807) is 42.7 Å². The fourth-order valence-electron chi connectivity index (χ4n) is 3.77. The number of nitrogens with zero attached hydrogens (tertiary/aromatic N) is 3. The molecule has 0 saturated carbocycles. The van der Waals surface area contributed by atoms with E-state index in [1.165, 1.54) is 10.7 Å². The Kier molecular flexibility index (Phi) is 7.11. The molecule has 8 heteroatoms. The first-order valence-electron chi connectivity index (χ1n) is 11.3. The normalized spacial score (nSPS) is 10.7. The number of Topliss-reactive ketones (excluding diaryl/α,β-unsaturated/α-hetero) is 1. The van der Waals surface area contributed by atoms with Crippen LogP contribution in [0.4, 0.5) is 5.69 Å². The van der Waals surface area contributed by atoms with E-state index in [1.807, 2.05) is 37.3 Å². The molecule has 8 nitrogen and oxygen atoms in total. The second-order valence-corrected chi connectivity index (χ2v) is 7.95. The number of nitrogens with two attached hydrogens (primary N) is 1. The molecule has 0 unspecified atom stereocenters. The number of nitrogens with one attached hydrogen (secondary N) is 1. The zero-order valence-corrected chi connectivity index (χ0v) is 19.3. The summed E-state index contributed by atoms with van der Waals surface area (Å²) in [6.45, 7) is 1.83. The smallest absolute Gasteiger partial charge is 0.291 e. The SMILES string of the molecule is CCc1nc(-c2ccncc2)c(C(=O)CCc2ccccc2)n(Nc2cccc(C(N)=O)c2)c1=O. The number of benzene rings is 2. The third-order valence-corrected chi connectivity index (χ3v) is 5.57. The first kappa shape index (κ1) is 23.6. The van der Waals surface area contributed by atoms with Gasteiger partial charge in [0.1, 0.15) is 17.1 Å². The van der Waals surface area contributed by atoms with Crippen molar-refractivity contribution in [2.75, 3.05) is 5.43 Å². The molecule has 1 amide bonds. The Morgan fingerprint density at radius 1 is 1.00 bits per heavy atom. The van der Waals surface area contributed by atoms with E-state index in [0.717, 1.165) is 5.56 Å². The molecule has 2 heterocycles. The monoisotopic (exact) mass is 467 g/mol. The maximum Gasteiger partial charge on any atom is 0.291 e. The Morgan fingerprint density at radius 3 is 2.43 bits per heavy atom. The van der Waals surface area contributed by atoms with Crippen LogP contribution in [0.2, 0.25) is 0 Å². The van der Waals surface area contributed by atoms with Crippen LogP contribution in [0, 0.1) is 0 Å². The third kappa shape index (κ3) is 5.33. The van der Waals surface area contributed by atoms with Gasteiger partial charge in [-0.15, -0.1) is 0 Å². The van der Waals surface area contributed by atoms with Crippen molar-refractivity contribution in [3.8, 4) is 11.3 Å². The van der Waals surface area contributed by atoms with Gasteiger partial charge < -0.3 is 5.73 Å². The van der Waals surface area contributed by atoms with Crippen molar-refractivity contribution in [2.45, 2.75) is 26.2 Å². The summed E-state index contributed by atoms with van der Waals surface area (Å²) in [4.78, 5) is 47.3. The van der Waals surface area contributed by atoms with Gasteiger partial charge in [-0.05, 0) is 48.7 Å². The van der Waals surface area contributed by atoms with Gasteiger partial charge in [0.05, 0.1) is 5.69 Å². The van der Waals surface area contributed by atoms with Crippen molar-refractivity contribution in [2.24, 2.45) is 5.73 Å². The number of aromatic nitrogens is 3. The van der Waals surface area contributed by atoms with Crippen LogP contribution in [0.15, 0.2) is 83.9 Å². The zero-order chi connectivity index (χ0) is 24.8. The summed E-state index contributed by atoms with van der Waals surface area (Å²) in [5, 5.41) is 0. The third-order valence-electron chi connectivity index (χ3n) is 5.57. The van der Waals surface area contributed by atoms with Gasteiger partial charge in [0.2, 0.25) is 5.91 Å². The number of carbonyl (C=O) groups excluding carboxylic acids is 2. The van der Waals surface area contributed by atoms with E-state index < -0.39 is 11.5 Å². The summed E-state index contributed by atoms with van der Waals surface area (Å²) in [5.74, 6) is -0.840. The molecule has 2 aromatic heterocycles. The highest BCUT2D eigenvalue weighted by Gasteiger charge is 2.23. The molecule has 35 heavy (non-hydrogen) atoms. The van der Waals surface area contributed by atoms with Crippen LogP contribution in [-0.4, -0.2) is 26.3 Å². The quantitative estimate of drug-likeness (QED) is 0.363. The molecule has 0 atom stereocenters. The van der Waals surface area contributed by atoms with Gasteiger partial charge in [-0.1, -0.05) is 43.3 Å². The molecule has 0 spiro atoms. The molecule has 4 rings (SSSR count). The number of pyridine rings is 1. The lowest BCUT2D eigenvalue weighted by molar-refractivity contribution is 0.0972. The lowest BCUT2D eigenvalue weighted by atomic mass is 10.0. The highest BCUT2D eigenvalue weighted by molar-refractivity contribution is 6.00. The molecule has 4 aromatic rings. The molecule has 0 aliphatic heterocycles. The summed E-state index contributed by atoms with van der Waals surface area (Å²) < 4.78 is 1.23. The molecule has 3 N–H and O–H groups in total. The number of carbonyl (C=O) groups is 2. The van der Waals surface area contributed by atoms with E-state index in [4.69, 9.17) is 5.73 Å². The maximum absolute atomic E-state index is 13.6. The lowest BCUT2D eigenvalue weighted by Crippen LogP contribution is -2.35. The number of hydrogen-bond donors (Lipinski definition) is 2. The summed E-state index contributed by atoms with van der Waals surface area (Å²) in [7, 11) is 0. The van der Waals surface area contributed by atoms with Crippen molar-refractivity contribution in [1.82, 2.24) is 14.6 Å². The fraction of sp³-hybridized carbons (Fsp3) is 0.148. The van der Waals surface area contributed by atoms with E-state index in [-0.39, 0.29) is 23.5 Å². The maximum atomic E-state index is 13.6. The minimum atomic E-state index is -0.596. The number of anilines is 1. The van der Waals surface area contributed by atoms with Crippen molar-refractivity contribution in [1.29, 1.82) is 0 Å². The fourth-order valence-corrected chi connectivity index (χ4v) is 3.77. The van der Waals surface area contributed by atoms with Gasteiger partial charge in [0, 0.05) is 29.9 Å². The number of primary amides is 1. The molecule has 0 bridgehead atoms. The number of amides is 1. The summed E-state index contributed by atoms with van der Waals surface area (Å²) in [6, 6.07) is 19.6. The van der Waals surface area contributed by atoms with Gasteiger partial charge >= 0.3 is 0 Å². The predicted octanol–water partition coefficient (Wildman–Crippen LogP) is 3.66. The minimum absolute atomic E-state index is 0.138. The Balaban J connectivity index is 1.85. The van der Waals surface area contributed by atoms with Gasteiger partial charge in [-0.25, -0.2) is 9.66 Å². The number of hydrogen-bond acceptors (Lipinski definition) is 6. The van der Waals surface area contributed by atoms with Crippen LogP contribution in [0.3, 0.4) is 0 Å². The molecule has 0 radical (unpaired) electrons. The summed E-state index contributed by atoms with van der Waals surface area (Å²) >= 11 is 0.